The van der Waals surface area contributed by atoms with Gasteiger partial charge in [-0.2, -0.15) is 8.78 Å². The van der Waals surface area contributed by atoms with Gasteiger partial charge in [-0.25, -0.2) is 0 Å². The zero-order chi connectivity index (χ0) is 11.4. The second-order valence-corrected chi connectivity index (χ2v) is 3.01. The van der Waals surface area contributed by atoms with Crippen molar-refractivity contribution in [2.45, 2.75) is 19.5 Å². The molecule has 0 saturated heterocycles. The third-order valence-electron chi connectivity index (χ3n) is 1.98. The molecule has 0 aromatic heterocycles. The maximum atomic E-state index is 11.8. The molecule has 0 radical (unpaired) electrons. The zero-order valence-corrected chi connectivity index (χ0v) is 8.98. The van der Waals surface area contributed by atoms with Crippen LogP contribution in [0.25, 0.3) is 0 Å². The van der Waals surface area contributed by atoms with Gasteiger partial charge in [-0.05, 0) is 24.6 Å². The van der Waals surface area contributed by atoms with E-state index in [1.807, 2.05) is 0 Å². The summed E-state index contributed by atoms with van der Waals surface area (Å²) in [6, 6.07) is 5.55. The van der Waals surface area contributed by atoms with Crippen molar-refractivity contribution in [1.29, 1.82) is 0 Å². The molecule has 0 aliphatic carbocycles. The maximum absolute atomic E-state index is 11.8. The Morgan fingerprint density at radius 3 is 2.25 bits per heavy atom. The summed E-state index contributed by atoms with van der Waals surface area (Å²) in [5.41, 5.74) is 0.545. The number of ether oxygens (including phenoxy) is 1. The zero-order valence-electron chi connectivity index (χ0n) is 9.98. The SMILES string of the molecule is CC(C(=O)O)c1ccc(OC(F)F)cc1.[H-].[Li+]. The van der Waals surface area contributed by atoms with Gasteiger partial charge < -0.3 is 11.3 Å². The number of hydrogen-bond donors (Lipinski definition) is 1. The minimum Gasteiger partial charge on any atom is -1.00 e. The van der Waals surface area contributed by atoms with E-state index < -0.39 is 18.5 Å². The van der Waals surface area contributed by atoms with Gasteiger partial charge in [0.25, 0.3) is 0 Å². The second kappa shape index (κ2) is 6.51. The van der Waals surface area contributed by atoms with Crippen LogP contribution in [-0.4, -0.2) is 17.7 Å². The van der Waals surface area contributed by atoms with Crippen molar-refractivity contribution in [2.24, 2.45) is 0 Å². The Balaban J connectivity index is 0. The predicted molar refractivity (Wildman–Crippen MR) is 50.2 cm³/mol. The van der Waals surface area contributed by atoms with Gasteiger partial charge in [0, 0.05) is 0 Å². The topological polar surface area (TPSA) is 46.5 Å². The van der Waals surface area contributed by atoms with Gasteiger partial charge in [-0.1, -0.05) is 12.1 Å². The summed E-state index contributed by atoms with van der Waals surface area (Å²) in [4.78, 5) is 10.6. The summed E-state index contributed by atoms with van der Waals surface area (Å²) >= 11 is 0. The first kappa shape index (κ1) is 14.9. The number of alkyl halides is 2. The molecule has 0 heterocycles. The van der Waals surface area contributed by atoms with Crippen LogP contribution in [0.4, 0.5) is 8.78 Å². The molecule has 0 bridgehead atoms. The molecule has 84 valence electrons. The third kappa shape index (κ3) is 4.21. The number of carboxylic acids is 1. The van der Waals surface area contributed by atoms with Crippen LogP contribution >= 0.6 is 0 Å². The van der Waals surface area contributed by atoms with Crippen LogP contribution in [0.5, 0.6) is 5.75 Å². The number of halogens is 2. The first-order valence-electron chi connectivity index (χ1n) is 4.28. The van der Waals surface area contributed by atoms with Crippen LogP contribution in [0.3, 0.4) is 0 Å². The van der Waals surface area contributed by atoms with Crippen LogP contribution in [0.15, 0.2) is 24.3 Å². The van der Waals surface area contributed by atoms with Crippen LogP contribution in [-0.2, 0) is 4.79 Å². The largest absolute Gasteiger partial charge is 1.00 e. The van der Waals surface area contributed by atoms with Crippen LogP contribution in [0.1, 0.15) is 19.8 Å². The van der Waals surface area contributed by atoms with Gasteiger partial charge in [-0.15, -0.1) is 0 Å². The molecule has 0 aliphatic heterocycles. The van der Waals surface area contributed by atoms with E-state index in [0.717, 1.165) is 0 Å². The van der Waals surface area contributed by atoms with Crippen molar-refractivity contribution >= 4 is 5.97 Å². The molecule has 16 heavy (non-hydrogen) atoms. The number of hydrogen-bond acceptors (Lipinski definition) is 2. The average molecular weight is 224 g/mol. The summed E-state index contributed by atoms with van der Waals surface area (Å²) in [5, 5.41) is 8.70. The van der Waals surface area contributed by atoms with E-state index in [4.69, 9.17) is 5.11 Å². The van der Waals surface area contributed by atoms with Gasteiger partial charge >= 0.3 is 31.4 Å². The Morgan fingerprint density at radius 1 is 1.38 bits per heavy atom. The first-order valence-corrected chi connectivity index (χ1v) is 4.28. The third-order valence-corrected chi connectivity index (χ3v) is 1.98. The number of carboxylic acid groups (broad SMARTS) is 1. The van der Waals surface area contributed by atoms with E-state index in [-0.39, 0.29) is 26.0 Å². The Kier molecular flexibility index (Phi) is 6.08. The van der Waals surface area contributed by atoms with Gasteiger partial charge in [0.05, 0.1) is 5.92 Å². The summed E-state index contributed by atoms with van der Waals surface area (Å²) in [5.74, 6) is -1.60. The van der Waals surface area contributed by atoms with Crippen molar-refractivity contribution in [2.75, 3.05) is 0 Å². The van der Waals surface area contributed by atoms with Crippen LogP contribution < -0.4 is 23.6 Å². The number of rotatable bonds is 4. The summed E-state index contributed by atoms with van der Waals surface area (Å²) in [6.45, 7) is -1.35. The number of benzene rings is 1. The molecule has 0 aliphatic rings. The minimum atomic E-state index is -2.87. The fraction of sp³-hybridized carbons (Fsp3) is 0.300. The molecule has 1 rings (SSSR count). The molecular weight excluding hydrogens is 213 g/mol. The molecule has 1 N–H and O–H groups in total. The van der Waals surface area contributed by atoms with Crippen molar-refractivity contribution in [3.63, 3.8) is 0 Å². The van der Waals surface area contributed by atoms with E-state index in [0.29, 0.717) is 5.56 Å². The van der Waals surface area contributed by atoms with Crippen molar-refractivity contribution in [1.82, 2.24) is 0 Å². The first-order chi connectivity index (χ1) is 7.00. The Bertz CT molecular complexity index is 346. The Morgan fingerprint density at radius 2 is 1.88 bits per heavy atom. The van der Waals surface area contributed by atoms with E-state index >= 15 is 0 Å². The molecule has 0 amide bonds. The van der Waals surface area contributed by atoms with Gasteiger partial charge in [-0.3, -0.25) is 4.79 Å². The molecule has 0 fully saturated rings. The summed E-state index contributed by atoms with van der Waals surface area (Å²) in [7, 11) is 0. The van der Waals surface area contributed by atoms with Crippen molar-refractivity contribution in [3.8, 4) is 5.75 Å². The molecule has 1 aromatic rings. The smallest absolute Gasteiger partial charge is 1.00 e. The Hall–Kier alpha value is -1.05. The van der Waals surface area contributed by atoms with Gasteiger partial charge in [0.15, 0.2) is 0 Å². The van der Waals surface area contributed by atoms with Crippen LogP contribution in [0, 0.1) is 0 Å². The molecule has 1 atom stereocenters. The fourth-order valence-electron chi connectivity index (χ4n) is 1.08. The van der Waals surface area contributed by atoms with E-state index in [9.17, 15) is 13.6 Å². The van der Waals surface area contributed by atoms with E-state index in [2.05, 4.69) is 4.74 Å². The monoisotopic (exact) mass is 224 g/mol. The molecule has 6 heteroatoms. The maximum Gasteiger partial charge on any atom is 1.00 e. The van der Waals surface area contributed by atoms with E-state index in [1.165, 1.54) is 31.2 Å². The molecule has 1 aromatic carbocycles. The van der Waals surface area contributed by atoms with E-state index in [1.54, 1.807) is 0 Å². The molecular formula is C10H11F2LiO3. The molecule has 0 saturated carbocycles. The standard InChI is InChI=1S/C10H10F2O3.Li.H/c1-6(9(13)14)7-2-4-8(5-3-7)15-10(11)12;;/h2-6,10H,1H3,(H,13,14);;/q;+1;-1. The van der Waals surface area contributed by atoms with Gasteiger partial charge in [0.2, 0.25) is 0 Å². The summed E-state index contributed by atoms with van der Waals surface area (Å²) in [6.07, 6.45) is 0. The minimum absolute atomic E-state index is 0. The van der Waals surface area contributed by atoms with Gasteiger partial charge in [0.1, 0.15) is 5.75 Å². The number of carbonyl (C=O) groups is 1. The normalized spacial score (nSPS) is 11.8. The predicted octanol–water partition coefficient (Wildman–Crippen LogP) is -0.407. The second-order valence-electron chi connectivity index (χ2n) is 3.01. The molecule has 0 spiro atoms. The average Bonchev–Trinajstić information content (AvgIpc) is 2.17. The summed E-state index contributed by atoms with van der Waals surface area (Å²) < 4.78 is 27.7. The Labute approximate surface area is 105 Å². The van der Waals surface area contributed by atoms with Crippen LogP contribution in [0.2, 0.25) is 0 Å². The van der Waals surface area contributed by atoms with Crippen molar-refractivity contribution < 1.29 is 43.7 Å². The quantitative estimate of drug-likeness (QED) is 0.707. The number of aliphatic carboxylic acids is 1. The molecule has 3 nitrogen and oxygen atoms in total. The fourth-order valence-corrected chi connectivity index (χ4v) is 1.08. The molecule has 1 unspecified atom stereocenters. The van der Waals surface area contributed by atoms with Crippen molar-refractivity contribution in [3.05, 3.63) is 29.8 Å².